The molecule has 1 aliphatic rings. The summed E-state index contributed by atoms with van der Waals surface area (Å²) in [6, 6.07) is 14.5. The summed E-state index contributed by atoms with van der Waals surface area (Å²) in [5.74, 6) is 0.361. The van der Waals surface area contributed by atoms with Crippen molar-refractivity contribution in [3.63, 3.8) is 0 Å². The Bertz CT molecular complexity index is 757. The highest BCUT2D eigenvalue weighted by Gasteiger charge is 2.28. The first-order valence-electron chi connectivity index (χ1n) is 8.25. The Kier molecular flexibility index (Phi) is 7.00. The van der Waals surface area contributed by atoms with E-state index in [9.17, 15) is 9.59 Å². The van der Waals surface area contributed by atoms with Crippen molar-refractivity contribution >= 4 is 29.9 Å². The summed E-state index contributed by atoms with van der Waals surface area (Å²) in [4.78, 5) is 24.5. The van der Waals surface area contributed by atoms with Crippen molar-refractivity contribution in [2.24, 2.45) is 0 Å². The minimum absolute atomic E-state index is 0. The van der Waals surface area contributed by atoms with Crippen LogP contribution in [0.3, 0.4) is 0 Å². The molecule has 1 aliphatic heterocycles. The number of amides is 2. The number of likely N-dealkylation sites (N-methyl/N-ethyl adjacent to an activating group) is 1. The average molecular weight is 376 g/mol. The summed E-state index contributed by atoms with van der Waals surface area (Å²) in [6.07, 6.45) is -0.00263. The monoisotopic (exact) mass is 375 g/mol. The first-order chi connectivity index (χ1) is 12.2. The lowest BCUT2D eigenvalue weighted by molar-refractivity contribution is -0.122. The van der Waals surface area contributed by atoms with Gasteiger partial charge in [-0.15, -0.1) is 12.4 Å². The van der Waals surface area contributed by atoms with Gasteiger partial charge < -0.3 is 20.7 Å². The molecule has 1 heterocycles. The van der Waals surface area contributed by atoms with E-state index in [0.29, 0.717) is 30.8 Å². The Morgan fingerprint density at radius 3 is 2.69 bits per heavy atom. The lowest BCUT2D eigenvalue weighted by Gasteiger charge is -2.12. The van der Waals surface area contributed by atoms with Gasteiger partial charge >= 0.3 is 0 Å². The largest absolute Gasteiger partial charge is 0.480 e. The van der Waals surface area contributed by atoms with E-state index in [1.54, 1.807) is 24.3 Å². The van der Waals surface area contributed by atoms with E-state index in [1.165, 1.54) is 0 Å². The number of para-hydroxylation sites is 1. The van der Waals surface area contributed by atoms with E-state index < -0.39 is 6.10 Å². The van der Waals surface area contributed by atoms with Crippen LogP contribution in [0.5, 0.6) is 5.75 Å². The number of ether oxygens (including phenoxy) is 1. The minimum atomic E-state index is -0.550. The van der Waals surface area contributed by atoms with Crippen molar-refractivity contribution in [2.45, 2.75) is 12.5 Å². The number of nitrogens with one attached hydrogen (secondary N) is 3. The maximum Gasteiger partial charge on any atom is 0.265 e. The van der Waals surface area contributed by atoms with Gasteiger partial charge in [0.15, 0.2) is 6.10 Å². The van der Waals surface area contributed by atoms with Crippen LogP contribution in [0.2, 0.25) is 0 Å². The van der Waals surface area contributed by atoms with Crippen LogP contribution in [0, 0.1) is 0 Å². The molecule has 2 amide bonds. The molecule has 3 N–H and O–H groups in total. The molecule has 0 aliphatic carbocycles. The maximum atomic E-state index is 12.4. The van der Waals surface area contributed by atoms with Crippen LogP contribution in [-0.4, -0.2) is 38.1 Å². The molecule has 0 bridgehead atoms. The quantitative estimate of drug-likeness (QED) is 0.675. The van der Waals surface area contributed by atoms with Crippen LogP contribution in [0.25, 0.3) is 0 Å². The van der Waals surface area contributed by atoms with Gasteiger partial charge in [-0.1, -0.05) is 24.3 Å². The van der Waals surface area contributed by atoms with Crippen molar-refractivity contribution in [1.29, 1.82) is 0 Å². The molecule has 1 unspecified atom stereocenters. The Balaban J connectivity index is 0.00000243. The molecule has 138 valence electrons. The second kappa shape index (κ2) is 9.22. The van der Waals surface area contributed by atoms with E-state index >= 15 is 0 Å². The smallest absolute Gasteiger partial charge is 0.265 e. The van der Waals surface area contributed by atoms with E-state index in [4.69, 9.17) is 4.74 Å². The van der Waals surface area contributed by atoms with Crippen molar-refractivity contribution in [3.8, 4) is 5.75 Å². The fraction of sp³-hybridized carbons (Fsp3) is 0.263. The number of fused-ring (bicyclic) bond motifs is 1. The number of carbonyl (C=O) groups excluding carboxylic acids is 2. The molecule has 26 heavy (non-hydrogen) atoms. The van der Waals surface area contributed by atoms with Crippen molar-refractivity contribution in [2.75, 3.05) is 25.5 Å². The minimum Gasteiger partial charge on any atom is -0.480 e. The standard InChI is InChI=1S/C19H21N3O3.ClH/c1-20-9-10-21-18(23)14-6-4-7-15(11-14)22-19(24)17-12-13-5-2-3-8-16(13)25-17;/h2-8,11,17,20H,9-10,12H2,1H3,(H,21,23)(H,22,24);1H. The molecule has 7 heteroatoms. The van der Waals surface area contributed by atoms with Gasteiger partial charge in [0.1, 0.15) is 5.75 Å². The summed E-state index contributed by atoms with van der Waals surface area (Å²) in [5, 5.41) is 8.60. The average Bonchev–Trinajstić information content (AvgIpc) is 3.06. The van der Waals surface area contributed by atoms with Crippen LogP contribution < -0.4 is 20.7 Å². The highest BCUT2D eigenvalue weighted by Crippen LogP contribution is 2.28. The first-order valence-corrected chi connectivity index (χ1v) is 8.25. The van der Waals surface area contributed by atoms with Crippen molar-refractivity contribution in [3.05, 3.63) is 59.7 Å². The van der Waals surface area contributed by atoms with E-state index in [0.717, 1.165) is 11.3 Å². The summed E-state index contributed by atoms with van der Waals surface area (Å²) >= 11 is 0. The number of halogens is 1. The number of hydrogen-bond acceptors (Lipinski definition) is 4. The number of hydrogen-bond donors (Lipinski definition) is 3. The fourth-order valence-electron chi connectivity index (χ4n) is 2.69. The van der Waals surface area contributed by atoms with E-state index in [-0.39, 0.29) is 24.2 Å². The maximum absolute atomic E-state index is 12.4. The SMILES string of the molecule is CNCCNC(=O)c1cccc(NC(=O)C2Cc3ccccc3O2)c1.Cl. The third-order valence-electron chi connectivity index (χ3n) is 3.99. The number of benzene rings is 2. The summed E-state index contributed by atoms with van der Waals surface area (Å²) < 4.78 is 5.69. The topological polar surface area (TPSA) is 79.5 Å². The number of carbonyl (C=O) groups is 2. The summed E-state index contributed by atoms with van der Waals surface area (Å²) in [6.45, 7) is 1.24. The molecular weight excluding hydrogens is 354 g/mol. The van der Waals surface area contributed by atoms with Gasteiger partial charge in [-0.05, 0) is 36.9 Å². The van der Waals surface area contributed by atoms with Gasteiger partial charge in [0.05, 0.1) is 0 Å². The van der Waals surface area contributed by atoms with Crippen LogP contribution >= 0.6 is 12.4 Å². The molecule has 2 aromatic rings. The molecule has 0 radical (unpaired) electrons. The highest BCUT2D eigenvalue weighted by molar-refractivity contribution is 5.98. The Morgan fingerprint density at radius 2 is 1.92 bits per heavy atom. The Hall–Kier alpha value is -2.57. The number of anilines is 1. The van der Waals surface area contributed by atoms with Crippen molar-refractivity contribution in [1.82, 2.24) is 10.6 Å². The zero-order chi connectivity index (χ0) is 17.6. The third-order valence-corrected chi connectivity index (χ3v) is 3.99. The predicted octanol–water partition coefficient (Wildman–Crippen LogP) is 2.00. The molecule has 0 saturated heterocycles. The van der Waals surface area contributed by atoms with Crippen LogP contribution in [0.1, 0.15) is 15.9 Å². The highest BCUT2D eigenvalue weighted by atomic mass is 35.5. The molecule has 3 rings (SSSR count). The van der Waals surface area contributed by atoms with Gasteiger partial charge in [-0.3, -0.25) is 9.59 Å². The molecule has 0 aromatic heterocycles. The zero-order valence-corrected chi connectivity index (χ0v) is 15.3. The normalized spacial score (nSPS) is 14.6. The van der Waals surface area contributed by atoms with E-state index in [1.807, 2.05) is 31.3 Å². The van der Waals surface area contributed by atoms with E-state index in [2.05, 4.69) is 16.0 Å². The molecule has 1 atom stereocenters. The predicted molar refractivity (Wildman–Crippen MR) is 103 cm³/mol. The molecule has 6 nitrogen and oxygen atoms in total. The van der Waals surface area contributed by atoms with Crippen LogP contribution in [0.4, 0.5) is 5.69 Å². The Labute approximate surface area is 158 Å². The zero-order valence-electron chi connectivity index (χ0n) is 14.5. The van der Waals surface area contributed by atoms with Gasteiger partial charge in [0, 0.05) is 30.8 Å². The van der Waals surface area contributed by atoms with Gasteiger partial charge in [0.25, 0.3) is 11.8 Å². The Morgan fingerprint density at radius 1 is 1.12 bits per heavy atom. The lowest BCUT2D eigenvalue weighted by Crippen LogP contribution is -2.32. The molecule has 0 fully saturated rings. The first kappa shape index (κ1) is 19.8. The van der Waals surface area contributed by atoms with Gasteiger partial charge in [0.2, 0.25) is 0 Å². The van der Waals surface area contributed by atoms with Crippen LogP contribution in [-0.2, 0) is 11.2 Å². The molecular formula is C19H22ClN3O3. The fourth-order valence-corrected chi connectivity index (χ4v) is 2.69. The van der Waals surface area contributed by atoms with Gasteiger partial charge in [-0.25, -0.2) is 0 Å². The number of rotatable bonds is 6. The van der Waals surface area contributed by atoms with Gasteiger partial charge in [-0.2, -0.15) is 0 Å². The molecule has 2 aromatic carbocycles. The van der Waals surface area contributed by atoms with Crippen LogP contribution in [0.15, 0.2) is 48.5 Å². The molecule has 0 spiro atoms. The molecule has 0 saturated carbocycles. The lowest BCUT2D eigenvalue weighted by atomic mass is 10.1. The summed E-state index contributed by atoms with van der Waals surface area (Å²) in [5.41, 5.74) is 2.11. The van der Waals surface area contributed by atoms with Crippen molar-refractivity contribution < 1.29 is 14.3 Å². The third kappa shape index (κ3) is 4.74. The second-order valence-corrected chi connectivity index (χ2v) is 5.85. The summed E-state index contributed by atoms with van der Waals surface area (Å²) in [7, 11) is 1.83. The second-order valence-electron chi connectivity index (χ2n) is 5.85.